The normalized spacial score (nSPS) is 37.8. The van der Waals surface area contributed by atoms with Gasteiger partial charge < -0.3 is 5.32 Å². The number of hydrogen-bond donors (Lipinski definition) is 1. The van der Waals surface area contributed by atoms with Crippen molar-refractivity contribution in [2.24, 2.45) is 17.3 Å². The largest absolute Gasteiger partial charge is 0.316 e. The summed E-state index contributed by atoms with van der Waals surface area (Å²) < 4.78 is 0. The maximum absolute atomic E-state index is 3.66. The highest BCUT2D eigenvalue weighted by Gasteiger charge is 2.54. The van der Waals surface area contributed by atoms with Crippen LogP contribution in [0.4, 0.5) is 0 Å². The van der Waals surface area contributed by atoms with Crippen molar-refractivity contribution in [3.05, 3.63) is 29.8 Å². The van der Waals surface area contributed by atoms with E-state index in [1.807, 2.05) is 0 Å². The first-order valence-electron chi connectivity index (χ1n) is 8.23. The molecule has 0 aromatic heterocycles. The van der Waals surface area contributed by atoms with E-state index in [0.29, 0.717) is 5.41 Å². The summed E-state index contributed by atoms with van der Waals surface area (Å²) in [6, 6.07) is 9.02. The minimum Gasteiger partial charge on any atom is -0.316 e. The molecule has 20 heavy (non-hydrogen) atoms. The predicted molar refractivity (Wildman–Crippen MR) is 86.2 cm³/mol. The van der Waals surface area contributed by atoms with Gasteiger partial charge in [-0.25, -0.2) is 0 Å². The smallest absolute Gasteiger partial charge is 0.0141 e. The number of thioether (sulfide) groups is 1. The zero-order chi connectivity index (χ0) is 13.6. The zero-order valence-corrected chi connectivity index (χ0v) is 13.2. The fourth-order valence-electron chi connectivity index (χ4n) is 4.63. The van der Waals surface area contributed by atoms with Gasteiger partial charge in [0, 0.05) is 16.7 Å². The van der Waals surface area contributed by atoms with Crippen LogP contribution in [0.3, 0.4) is 0 Å². The molecule has 4 rings (SSSR count). The van der Waals surface area contributed by atoms with Crippen molar-refractivity contribution < 1.29 is 0 Å². The molecule has 0 saturated heterocycles. The van der Waals surface area contributed by atoms with Gasteiger partial charge in [0.25, 0.3) is 0 Å². The summed E-state index contributed by atoms with van der Waals surface area (Å²) in [4.78, 5) is 1.54. The molecule has 0 amide bonds. The van der Waals surface area contributed by atoms with Crippen LogP contribution in [0, 0.1) is 17.3 Å². The Labute approximate surface area is 126 Å². The van der Waals surface area contributed by atoms with Crippen LogP contribution in [0.5, 0.6) is 0 Å². The van der Waals surface area contributed by atoms with E-state index >= 15 is 0 Å². The molecule has 2 fully saturated rings. The van der Waals surface area contributed by atoms with Gasteiger partial charge in [-0.15, -0.1) is 11.8 Å². The third-order valence-corrected chi connectivity index (χ3v) is 6.90. The van der Waals surface area contributed by atoms with E-state index in [1.165, 1.54) is 38.6 Å². The third kappa shape index (κ3) is 2.42. The van der Waals surface area contributed by atoms with Gasteiger partial charge in [-0.05, 0) is 67.5 Å². The maximum Gasteiger partial charge on any atom is 0.0141 e. The highest BCUT2D eigenvalue weighted by Crippen LogP contribution is 2.62. The average molecular weight is 287 g/mol. The van der Waals surface area contributed by atoms with Crippen LogP contribution >= 0.6 is 11.8 Å². The van der Waals surface area contributed by atoms with E-state index in [1.54, 1.807) is 10.5 Å². The van der Waals surface area contributed by atoms with Crippen molar-refractivity contribution in [2.75, 3.05) is 13.1 Å². The standard InChI is InChI=1S/C18H25NS/c1-2-19-12-18(9-14-7-15(14)10-18)11-16-8-13-5-3-4-6-17(13)20-16/h3-6,14-16,19H,2,7-12H2,1H3. The van der Waals surface area contributed by atoms with E-state index in [4.69, 9.17) is 0 Å². The molecule has 2 saturated carbocycles. The summed E-state index contributed by atoms with van der Waals surface area (Å²) in [5.41, 5.74) is 2.20. The number of nitrogens with one attached hydrogen (secondary N) is 1. The second kappa shape index (κ2) is 5.06. The van der Waals surface area contributed by atoms with Gasteiger partial charge in [-0.2, -0.15) is 0 Å². The quantitative estimate of drug-likeness (QED) is 0.874. The lowest BCUT2D eigenvalue weighted by Gasteiger charge is -2.33. The molecule has 3 unspecified atom stereocenters. The van der Waals surface area contributed by atoms with Gasteiger partial charge in [0.2, 0.25) is 0 Å². The topological polar surface area (TPSA) is 12.0 Å². The second-order valence-corrected chi connectivity index (χ2v) is 8.54. The van der Waals surface area contributed by atoms with Crippen molar-refractivity contribution in [1.82, 2.24) is 5.32 Å². The molecule has 1 nitrogen and oxygen atoms in total. The summed E-state index contributed by atoms with van der Waals surface area (Å²) in [5, 5.41) is 4.48. The fourth-order valence-corrected chi connectivity index (χ4v) is 6.15. The van der Waals surface area contributed by atoms with Crippen LogP contribution in [0.25, 0.3) is 0 Å². The van der Waals surface area contributed by atoms with Gasteiger partial charge in [-0.3, -0.25) is 0 Å². The molecule has 3 atom stereocenters. The first-order valence-corrected chi connectivity index (χ1v) is 9.11. The lowest BCUT2D eigenvalue weighted by Crippen LogP contribution is -2.35. The highest BCUT2D eigenvalue weighted by molar-refractivity contribution is 8.00. The van der Waals surface area contributed by atoms with Crippen LogP contribution in [-0.4, -0.2) is 18.3 Å². The molecule has 1 aliphatic heterocycles. The summed E-state index contributed by atoms with van der Waals surface area (Å²) in [5.74, 6) is 2.17. The van der Waals surface area contributed by atoms with Crippen LogP contribution in [0.1, 0.15) is 38.2 Å². The van der Waals surface area contributed by atoms with Crippen LogP contribution in [0.15, 0.2) is 29.2 Å². The Bertz CT molecular complexity index is 463. The summed E-state index contributed by atoms with van der Waals surface area (Å²) in [6.45, 7) is 4.61. The number of rotatable bonds is 5. The molecule has 0 radical (unpaired) electrons. The Balaban J connectivity index is 1.44. The summed E-state index contributed by atoms with van der Waals surface area (Å²) >= 11 is 2.14. The lowest BCUT2D eigenvalue weighted by molar-refractivity contribution is 0.230. The fraction of sp³-hybridized carbons (Fsp3) is 0.667. The molecule has 1 aromatic carbocycles. The Morgan fingerprint density at radius 1 is 1.25 bits per heavy atom. The van der Waals surface area contributed by atoms with E-state index in [0.717, 1.165) is 23.6 Å². The summed E-state index contributed by atoms with van der Waals surface area (Å²) in [7, 11) is 0. The molecule has 3 aliphatic rings. The van der Waals surface area contributed by atoms with Crippen LogP contribution in [0.2, 0.25) is 0 Å². The van der Waals surface area contributed by atoms with Gasteiger partial charge in [-0.1, -0.05) is 25.1 Å². The van der Waals surface area contributed by atoms with Gasteiger partial charge in [0.1, 0.15) is 0 Å². The molecule has 1 N–H and O–H groups in total. The number of fused-ring (bicyclic) bond motifs is 2. The minimum atomic E-state index is 0.614. The molecule has 0 bridgehead atoms. The Kier molecular flexibility index (Phi) is 3.35. The van der Waals surface area contributed by atoms with E-state index in [2.05, 4.69) is 48.3 Å². The van der Waals surface area contributed by atoms with Crippen molar-refractivity contribution in [2.45, 2.75) is 49.2 Å². The SMILES string of the molecule is CCNCC1(CC2Cc3ccccc3S2)CC2CC2C1. The zero-order valence-electron chi connectivity index (χ0n) is 12.4. The minimum absolute atomic E-state index is 0.614. The molecule has 2 aliphatic carbocycles. The van der Waals surface area contributed by atoms with Crippen LogP contribution < -0.4 is 5.32 Å². The number of hydrogen-bond acceptors (Lipinski definition) is 2. The number of benzene rings is 1. The lowest BCUT2D eigenvalue weighted by atomic mass is 9.77. The Hall–Kier alpha value is -0.470. The second-order valence-electron chi connectivity index (χ2n) is 7.20. The first-order chi connectivity index (χ1) is 9.78. The Morgan fingerprint density at radius 2 is 2.05 bits per heavy atom. The summed E-state index contributed by atoms with van der Waals surface area (Å²) in [6.07, 6.45) is 7.25. The van der Waals surface area contributed by atoms with Gasteiger partial charge in [0.05, 0.1) is 0 Å². The third-order valence-electron chi connectivity index (χ3n) is 5.58. The van der Waals surface area contributed by atoms with E-state index in [9.17, 15) is 0 Å². The molecule has 108 valence electrons. The first kappa shape index (κ1) is 13.2. The maximum atomic E-state index is 3.66. The van der Waals surface area contributed by atoms with Crippen LogP contribution in [-0.2, 0) is 6.42 Å². The van der Waals surface area contributed by atoms with Gasteiger partial charge >= 0.3 is 0 Å². The van der Waals surface area contributed by atoms with E-state index in [-0.39, 0.29) is 0 Å². The van der Waals surface area contributed by atoms with Crippen molar-refractivity contribution in [1.29, 1.82) is 0 Å². The molecular weight excluding hydrogens is 262 g/mol. The molecular formula is C18H25NS. The van der Waals surface area contributed by atoms with Gasteiger partial charge in [0.15, 0.2) is 0 Å². The molecule has 1 heterocycles. The molecule has 2 heteroatoms. The van der Waals surface area contributed by atoms with Crippen molar-refractivity contribution >= 4 is 11.8 Å². The Morgan fingerprint density at radius 3 is 2.80 bits per heavy atom. The monoisotopic (exact) mass is 287 g/mol. The van der Waals surface area contributed by atoms with Crippen molar-refractivity contribution in [3.63, 3.8) is 0 Å². The van der Waals surface area contributed by atoms with E-state index < -0.39 is 0 Å². The average Bonchev–Trinajstić information content (AvgIpc) is 2.89. The molecule has 0 spiro atoms. The van der Waals surface area contributed by atoms with Crippen molar-refractivity contribution in [3.8, 4) is 0 Å². The molecule has 1 aromatic rings. The predicted octanol–water partition coefficient (Wildman–Crippen LogP) is 4.12. The highest BCUT2D eigenvalue weighted by atomic mass is 32.2.